The molecule has 1 atom stereocenters. The Kier molecular flexibility index (Phi) is 2.52. The van der Waals surface area contributed by atoms with Crippen LogP contribution in [0.5, 0.6) is 0 Å². The molecule has 0 saturated heterocycles. The number of nitrogens with zero attached hydrogens (tertiary/aromatic N) is 2. The minimum absolute atomic E-state index is 0.146. The summed E-state index contributed by atoms with van der Waals surface area (Å²) in [5.41, 5.74) is 0.186. The molecule has 4 nitrogen and oxygen atoms in total. The van der Waals surface area contributed by atoms with Crippen LogP contribution in [0.4, 0.5) is 4.39 Å². The second-order valence-electron chi connectivity index (χ2n) is 4.42. The largest absolute Gasteiger partial charge is 0.617 e. The third kappa shape index (κ3) is 1.43. The highest BCUT2D eigenvalue weighted by Gasteiger charge is 2.39. The van der Waals surface area contributed by atoms with Crippen molar-refractivity contribution in [3.8, 4) is 0 Å². The maximum Gasteiger partial charge on any atom is 0.314 e. The lowest BCUT2D eigenvalue weighted by Gasteiger charge is -2.18. The minimum Gasteiger partial charge on any atom is -0.617 e. The number of hydroxylamine groups is 1. The van der Waals surface area contributed by atoms with Crippen LogP contribution in [0.15, 0.2) is 24.0 Å². The summed E-state index contributed by atoms with van der Waals surface area (Å²) in [5, 5.41) is 11.8. The number of fused-ring (bicyclic) bond motifs is 2. The van der Waals surface area contributed by atoms with Crippen molar-refractivity contribution in [2.24, 2.45) is 5.92 Å². The Morgan fingerprint density at radius 1 is 1.56 bits per heavy atom. The molecule has 6 heteroatoms. The molecule has 1 unspecified atom stereocenters. The summed E-state index contributed by atoms with van der Waals surface area (Å²) < 4.78 is 15.2. The van der Waals surface area contributed by atoms with E-state index in [-0.39, 0.29) is 16.8 Å². The van der Waals surface area contributed by atoms with E-state index in [0.29, 0.717) is 16.9 Å². The van der Waals surface area contributed by atoms with Crippen molar-refractivity contribution in [2.45, 2.75) is 19.3 Å². The van der Waals surface area contributed by atoms with Crippen LogP contribution >= 0.6 is 11.6 Å². The number of hydrogen-bond donors (Lipinski definition) is 0. The number of aromatic nitrogens is 1. The first-order valence-corrected chi connectivity index (χ1v) is 6.10. The first-order valence-electron chi connectivity index (χ1n) is 5.72. The van der Waals surface area contributed by atoms with Gasteiger partial charge in [0.25, 0.3) is 0 Å². The van der Waals surface area contributed by atoms with Gasteiger partial charge < -0.3 is 5.21 Å². The van der Waals surface area contributed by atoms with E-state index < -0.39 is 11.7 Å². The highest BCUT2D eigenvalue weighted by Crippen LogP contribution is 2.31. The molecular formula is C12H10ClFN2O2. The van der Waals surface area contributed by atoms with E-state index in [2.05, 4.69) is 0 Å². The number of carbonyl (C=O) groups excluding carboxylic acids is 1. The second-order valence-corrected chi connectivity index (χ2v) is 4.78. The van der Waals surface area contributed by atoms with Crippen molar-refractivity contribution in [3.05, 3.63) is 40.8 Å². The Hall–Kier alpha value is -1.62. The molecule has 0 radical (unpaired) electrons. The number of hydrogen-bond acceptors (Lipinski definition) is 2. The van der Waals surface area contributed by atoms with Crippen LogP contribution in [0, 0.1) is 16.9 Å². The van der Waals surface area contributed by atoms with Gasteiger partial charge in [-0.3, -0.25) is 9.36 Å². The van der Waals surface area contributed by atoms with E-state index in [1.807, 2.05) is 0 Å². The van der Waals surface area contributed by atoms with Crippen LogP contribution < -0.4 is 0 Å². The first-order chi connectivity index (χ1) is 8.61. The molecule has 94 valence electrons. The van der Waals surface area contributed by atoms with E-state index in [1.165, 1.54) is 6.20 Å². The van der Waals surface area contributed by atoms with Gasteiger partial charge in [-0.25, -0.2) is 4.39 Å². The molecular weight excluding hydrogens is 259 g/mol. The Labute approximate surface area is 108 Å². The molecule has 1 aromatic heterocycles. The van der Waals surface area contributed by atoms with Gasteiger partial charge in [-0.15, -0.1) is 0 Å². The van der Waals surface area contributed by atoms with E-state index >= 15 is 0 Å². The lowest BCUT2D eigenvalue weighted by Crippen LogP contribution is -2.26. The SMILES string of the molecule is O=C1C2CCCC=C2[N+]([O-])=C(Cl)c2c(F)ccn21. The molecule has 0 aromatic carbocycles. The predicted octanol–water partition coefficient (Wildman–Crippen LogP) is 2.46. The first kappa shape index (κ1) is 11.5. The minimum atomic E-state index is -0.659. The van der Waals surface area contributed by atoms with Gasteiger partial charge in [0.2, 0.25) is 11.6 Å². The lowest BCUT2D eigenvalue weighted by atomic mass is 9.91. The smallest absolute Gasteiger partial charge is 0.314 e. The van der Waals surface area contributed by atoms with E-state index in [1.54, 1.807) is 6.08 Å². The second kappa shape index (κ2) is 3.95. The van der Waals surface area contributed by atoms with Crippen LogP contribution in [0.2, 0.25) is 0 Å². The maximum atomic E-state index is 13.6. The molecule has 0 spiro atoms. The Morgan fingerprint density at radius 3 is 3.11 bits per heavy atom. The van der Waals surface area contributed by atoms with Crippen LogP contribution in [0.25, 0.3) is 0 Å². The lowest BCUT2D eigenvalue weighted by molar-refractivity contribution is -0.406. The highest BCUT2D eigenvalue weighted by molar-refractivity contribution is 6.68. The van der Waals surface area contributed by atoms with Crippen LogP contribution in [-0.4, -0.2) is 20.4 Å². The number of allylic oxidation sites excluding steroid dienone is 2. The summed E-state index contributed by atoms with van der Waals surface area (Å²) in [6.45, 7) is 0. The van der Waals surface area contributed by atoms with Crippen LogP contribution in [0.1, 0.15) is 29.8 Å². The summed E-state index contributed by atoms with van der Waals surface area (Å²) in [4.78, 5) is 12.3. The molecule has 0 amide bonds. The fourth-order valence-electron chi connectivity index (χ4n) is 2.50. The maximum absolute atomic E-state index is 13.6. The normalized spacial score (nSPS) is 23.3. The van der Waals surface area contributed by atoms with Crippen LogP contribution in [0.3, 0.4) is 0 Å². The molecule has 0 saturated carbocycles. The number of carbonyl (C=O) groups is 1. The molecule has 18 heavy (non-hydrogen) atoms. The van der Waals surface area contributed by atoms with Crippen LogP contribution in [-0.2, 0) is 0 Å². The van der Waals surface area contributed by atoms with Gasteiger partial charge in [0, 0.05) is 6.20 Å². The summed E-state index contributed by atoms with van der Waals surface area (Å²) in [6.07, 6.45) is 5.20. The van der Waals surface area contributed by atoms with Gasteiger partial charge in [0.05, 0.1) is 0 Å². The van der Waals surface area contributed by atoms with Gasteiger partial charge in [-0.2, -0.15) is 4.74 Å². The molecule has 2 heterocycles. The van der Waals surface area contributed by atoms with Crippen molar-refractivity contribution in [1.29, 1.82) is 0 Å². The number of rotatable bonds is 0. The van der Waals surface area contributed by atoms with Gasteiger partial charge >= 0.3 is 5.17 Å². The summed E-state index contributed by atoms with van der Waals surface area (Å²) in [5.74, 6) is -1.48. The molecule has 1 aliphatic heterocycles. The Morgan fingerprint density at radius 2 is 2.33 bits per heavy atom. The zero-order valence-corrected chi connectivity index (χ0v) is 10.2. The highest BCUT2D eigenvalue weighted by atomic mass is 35.5. The molecule has 1 aliphatic carbocycles. The average molecular weight is 269 g/mol. The summed E-state index contributed by atoms with van der Waals surface area (Å²) >= 11 is 5.91. The quantitative estimate of drug-likeness (QED) is 0.536. The van der Waals surface area contributed by atoms with Crippen molar-refractivity contribution in [3.63, 3.8) is 0 Å². The van der Waals surface area contributed by atoms with Crippen molar-refractivity contribution in [1.82, 2.24) is 4.57 Å². The van der Waals surface area contributed by atoms with E-state index in [9.17, 15) is 14.4 Å². The van der Waals surface area contributed by atoms with E-state index in [0.717, 1.165) is 23.5 Å². The fourth-order valence-corrected chi connectivity index (χ4v) is 2.78. The molecule has 3 rings (SSSR count). The molecule has 0 N–H and O–H groups in total. The standard InChI is InChI=1S/C12H10ClFN2O2/c13-11-10-8(14)5-6-15(10)12(17)7-3-1-2-4-9(7)16(11)18/h4-7H,1-3H2. The third-order valence-corrected chi connectivity index (χ3v) is 3.72. The van der Waals surface area contributed by atoms with Crippen molar-refractivity contribution >= 4 is 22.7 Å². The Balaban J connectivity index is 2.29. The zero-order chi connectivity index (χ0) is 12.9. The molecule has 1 aromatic rings. The number of halogens is 2. The van der Waals surface area contributed by atoms with Crippen molar-refractivity contribution in [2.75, 3.05) is 0 Å². The predicted molar refractivity (Wildman–Crippen MR) is 64.0 cm³/mol. The van der Waals surface area contributed by atoms with Gasteiger partial charge in [0.1, 0.15) is 5.92 Å². The average Bonchev–Trinajstić information content (AvgIpc) is 2.74. The fraction of sp³-hybridized carbons (Fsp3) is 0.333. The van der Waals surface area contributed by atoms with E-state index in [4.69, 9.17) is 11.6 Å². The summed E-state index contributed by atoms with van der Waals surface area (Å²) in [6, 6.07) is 1.14. The monoisotopic (exact) mass is 268 g/mol. The topological polar surface area (TPSA) is 48.1 Å². The molecule has 0 bridgehead atoms. The van der Waals surface area contributed by atoms with Gasteiger partial charge in [-0.1, -0.05) is 0 Å². The molecule has 2 aliphatic rings. The zero-order valence-electron chi connectivity index (χ0n) is 9.40. The van der Waals surface area contributed by atoms with Gasteiger partial charge in [0.15, 0.2) is 11.5 Å². The van der Waals surface area contributed by atoms with Crippen molar-refractivity contribution < 1.29 is 13.9 Å². The summed E-state index contributed by atoms with van der Waals surface area (Å²) in [7, 11) is 0. The molecule has 0 fully saturated rings. The van der Waals surface area contributed by atoms with Gasteiger partial charge in [-0.05, 0) is 43.0 Å². The Bertz CT molecular complexity index is 603. The third-order valence-electron chi connectivity index (χ3n) is 3.39.